The van der Waals surface area contributed by atoms with Crippen molar-refractivity contribution in [1.29, 1.82) is 0 Å². The Balaban J connectivity index is 1.68. The number of aliphatic hydroxyl groups excluding tert-OH is 1. The van der Waals surface area contributed by atoms with Crippen molar-refractivity contribution >= 4 is 0 Å². The fourth-order valence-electron chi connectivity index (χ4n) is 5.69. The molecule has 1 unspecified atom stereocenters. The first-order valence-electron chi connectivity index (χ1n) is 7.69. The second-order valence-corrected chi connectivity index (χ2v) is 7.27. The maximum Gasteiger partial charge on any atom is 0.158 e. The summed E-state index contributed by atoms with van der Waals surface area (Å²) < 4.78 is 2.13. The van der Waals surface area contributed by atoms with E-state index in [0.717, 1.165) is 23.6 Å². The van der Waals surface area contributed by atoms with Gasteiger partial charge in [0.2, 0.25) is 0 Å². The zero-order valence-electron chi connectivity index (χ0n) is 11.6. The second-order valence-electron chi connectivity index (χ2n) is 7.27. The van der Waals surface area contributed by atoms with Gasteiger partial charge in [0.25, 0.3) is 0 Å². The highest BCUT2D eigenvalue weighted by Crippen LogP contribution is 2.63. The minimum Gasteiger partial charge on any atom is -0.388 e. The monoisotopic (exact) mass is 261 g/mol. The van der Waals surface area contributed by atoms with Crippen LogP contribution in [-0.4, -0.2) is 19.9 Å². The number of nitrogens with zero attached hydrogens (tertiary/aromatic N) is 3. The summed E-state index contributed by atoms with van der Waals surface area (Å²) >= 11 is 0. The zero-order valence-corrected chi connectivity index (χ0v) is 11.6. The van der Waals surface area contributed by atoms with Crippen LogP contribution in [0.15, 0.2) is 6.33 Å². The summed E-state index contributed by atoms with van der Waals surface area (Å²) in [5.41, 5.74) is 0.445. The van der Waals surface area contributed by atoms with Crippen molar-refractivity contribution in [1.82, 2.24) is 14.8 Å². The Kier molecular flexibility index (Phi) is 2.53. The molecule has 4 aliphatic carbocycles. The van der Waals surface area contributed by atoms with Gasteiger partial charge in [0.15, 0.2) is 5.82 Å². The van der Waals surface area contributed by atoms with Gasteiger partial charge in [0, 0.05) is 6.04 Å². The fourth-order valence-corrected chi connectivity index (χ4v) is 5.69. The van der Waals surface area contributed by atoms with Crippen molar-refractivity contribution in [3.05, 3.63) is 12.2 Å². The van der Waals surface area contributed by atoms with Gasteiger partial charge in [-0.2, -0.15) is 0 Å². The lowest BCUT2D eigenvalue weighted by Crippen LogP contribution is -2.49. The van der Waals surface area contributed by atoms with Crippen LogP contribution in [0, 0.1) is 23.2 Å². The third kappa shape index (κ3) is 1.69. The smallest absolute Gasteiger partial charge is 0.158 e. The van der Waals surface area contributed by atoms with Gasteiger partial charge in [0.05, 0.1) is 0 Å². The van der Waals surface area contributed by atoms with Crippen LogP contribution in [0.3, 0.4) is 0 Å². The van der Waals surface area contributed by atoms with E-state index >= 15 is 0 Å². The molecule has 1 aromatic rings. The molecule has 1 N–H and O–H groups in total. The third-order valence-corrected chi connectivity index (χ3v) is 6.18. The summed E-state index contributed by atoms with van der Waals surface area (Å²) in [5.74, 6) is 3.61. The molecule has 0 aromatic carbocycles. The first-order chi connectivity index (χ1) is 9.20. The van der Waals surface area contributed by atoms with Crippen molar-refractivity contribution in [3.63, 3.8) is 0 Å². The van der Waals surface area contributed by atoms with Crippen molar-refractivity contribution in [2.45, 2.75) is 58.1 Å². The quantitative estimate of drug-likeness (QED) is 0.909. The van der Waals surface area contributed by atoms with Crippen LogP contribution in [-0.2, 0) is 6.61 Å². The molecule has 4 fully saturated rings. The van der Waals surface area contributed by atoms with Crippen molar-refractivity contribution in [2.24, 2.45) is 23.2 Å². The van der Waals surface area contributed by atoms with Crippen LogP contribution in [0.1, 0.15) is 57.3 Å². The van der Waals surface area contributed by atoms with Crippen LogP contribution < -0.4 is 0 Å². The van der Waals surface area contributed by atoms with E-state index in [-0.39, 0.29) is 6.61 Å². The molecule has 4 saturated carbocycles. The van der Waals surface area contributed by atoms with Gasteiger partial charge in [-0.05, 0) is 68.6 Å². The summed E-state index contributed by atoms with van der Waals surface area (Å²) in [5, 5.41) is 17.5. The van der Waals surface area contributed by atoms with E-state index in [9.17, 15) is 5.11 Å². The molecule has 4 heteroatoms. The average molecular weight is 261 g/mol. The highest BCUT2D eigenvalue weighted by atomic mass is 16.3. The minimum atomic E-state index is -0.00327. The molecule has 1 heterocycles. The first-order valence-corrected chi connectivity index (χ1v) is 7.69. The Morgan fingerprint density at radius 1 is 1.26 bits per heavy atom. The van der Waals surface area contributed by atoms with Crippen LogP contribution in [0.4, 0.5) is 0 Å². The van der Waals surface area contributed by atoms with Crippen molar-refractivity contribution in [2.75, 3.05) is 0 Å². The summed E-state index contributed by atoms with van der Waals surface area (Å²) in [6.07, 6.45) is 10.4. The van der Waals surface area contributed by atoms with Gasteiger partial charge in [-0.3, -0.25) is 0 Å². The molecule has 0 radical (unpaired) electrons. The molecule has 4 bridgehead atoms. The molecule has 0 saturated heterocycles. The molecule has 1 aromatic heterocycles. The van der Waals surface area contributed by atoms with Gasteiger partial charge in [0.1, 0.15) is 12.9 Å². The fraction of sp³-hybridized carbons (Fsp3) is 0.867. The average Bonchev–Trinajstić information content (AvgIpc) is 2.84. The Labute approximate surface area is 114 Å². The number of hydrogen-bond acceptors (Lipinski definition) is 3. The molecule has 104 valence electrons. The molecule has 4 nitrogen and oxygen atoms in total. The molecule has 0 aliphatic heterocycles. The van der Waals surface area contributed by atoms with Gasteiger partial charge in [-0.1, -0.05) is 0 Å². The van der Waals surface area contributed by atoms with Gasteiger partial charge in [-0.25, -0.2) is 0 Å². The molecular weight excluding hydrogens is 238 g/mol. The minimum absolute atomic E-state index is 0.00327. The van der Waals surface area contributed by atoms with Gasteiger partial charge in [-0.15, -0.1) is 10.2 Å². The van der Waals surface area contributed by atoms with E-state index < -0.39 is 0 Å². The van der Waals surface area contributed by atoms with Crippen LogP contribution >= 0.6 is 0 Å². The molecule has 4 aliphatic rings. The lowest BCUT2D eigenvalue weighted by atomic mass is 9.48. The summed E-state index contributed by atoms with van der Waals surface area (Å²) in [6.45, 7) is 2.31. The largest absolute Gasteiger partial charge is 0.388 e. The van der Waals surface area contributed by atoms with Crippen LogP contribution in [0.2, 0.25) is 0 Å². The van der Waals surface area contributed by atoms with E-state index in [4.69, 9.17) is 0 Å². The van der Waals surface area contributed by atoms with E-state index in [1.807, 2.05) is 6.33 Å². The lowest BCUT2D eigenvalue weighted by Gasteiger charge is -2.59. The highest BCUT2D eigenvalue weighted by Gasteiger charge is 2.53. The summed E-state index contributed by atoms with van der Waals surface area (Å²) in [6, 6.07) is 0.429. The maximum atomic E-state index is 9.41. The topological polar surface area (TPSA) is 50.9 Å². The lowest BCUT2D eigenvalue weighted by molar-refractivity contribution is -0.0796. The Morgan fingerprint density at radius 2 is 1.84 bits per heavy atom. The number of rotatable bonds is 3. The van der Waals surface area contributed by atoms with E-state index in [0.29, 0.717) is 11.5 Å². The third-order valence-electron chi connectivity index (χ3n) is 6.18. The molecule has 19 heavy (non-hydrogen) atoms. The van der Waals surface area contributed by atoms with E-state index in [2.05, 4.69) is 21.7 Å². The number of hydrogen-bond donors (Lipinski definition) is 1. The maximum absolute atomic E-state index is 9.41. The molecular formula is C15H23N3O. The zero-order chi connectivity index (χ0) is 13.0. The van der Waals surface area contributed by atoms with Gasteiger partial charge >= 0.3 is 0 Å². The number of aliphatic hydroxyl groups is 1. The Hall–Kier alpha value is -0.900. The van der Waals surface area contributed by atoms with Gasteiger partial charge < -0.3 is 9.67 Å². The summed E-state index contributed by atoms with van der Waals surface area (Å²) in [7, 11) is 0. The molecule has 1 atom stereocenters. The normalized spacial score (nSPS) is 41.7. The van der Waals surface area contributed by atoms with Crippen LogP contribution in [0.5, 0.6) is 0 Å². The number of aromatic nitrogens is 3. The standard InChI is InChI=1S/C15H23N3O/c1-10(18-9-16-17-14(18)8-19)15-5-11-2-12(6-15)4-13(3-11)7-15/h9-13,19H,2-8H2,1H3. The Morgan fingerprint density at radius 3 is 2.37 bits per heavy atom. The second kappa shape index (κ2) is 4.05. The Bertz CT molecular complexity index is 446. The SMILES string of the molecule is CC(n1cnnc1CO)C12CC3CC(CC(C3)C1)C2. The molecule has 5 rings (SSSR count). The van der Waals surface area contributed by atoms with E-state index in [1.165, 1.54) is 38.5 Å². The van der Waals surface area contributed by atoms with Crippen molar-refractivity contribution in [3.8, 4) is 0 Å². The predicted molar refractivity (Wildman–Crippen MR) is 71.3 cm³/mol. The van der Waals surface area contributed by atoms with Crippen LogP contribution in [0.25, 0.3) is 0 Å². The predicted octanol–water partition coefficient (Wildman–Crippen LogP) is 2.55. The molecule has 0 spiro atoms. The van der Waals surface area contributed by atoms with E-state index in [1.54, 1.807) is 0 Å². The first kappa shape index (κ1) is 11.9. The van der Waals surface area contributed by atoms with Crippen molar-refractivity contribution < 1.29 is 5.11 Å². The molecule has 0 amide bonds. The highest BCUT2D eigenvalue weighted by molar-refractivity contribution is 5.06. The summed E-state index contributed by atoms with van der Waals surface area (Å²) in [4.78, 5) is 0.